The van der Waals surface area contributed by atoms with Crippen molar-refractivity contribution in [2.24, 2.45) is 0 Å². The lowest BCUT2D eigenvalue weighted by Crippen LogP contribution is -2.51. The third-order valence-corrected chi connectivity index (χ3v) is 1.09. The van der Waals surface area contributed by atoms with Crippen LogP contribution in [0.15, 0.2) is 12.6 Å². The molecule has 0 bridgehead atoms. The van der Waals surface area contributed by atoms with Gasteiger partial charge in [-0.1, -0.05) is 0 Å². The second kappa shape index (κ2) is 5.40. The Morgan fingerprint density at radius 3 is 1.47 bits per heavy atom. The zero-order chi connectivity index (χ0) is 15.5. The number of rotatable bonds is 6. The quantitative estimate of drug-likeness (QED) is 0.425. The Morgan fingerprint density at radius 2 is 1.11 bits per heavy atom. The third-order valence-electron chi connectivity index (χ3n) is 1.09. The number of hydrogen-bond acceptors (Lipinski definition) is 3. The first-order valence-electron chi connectivity index (χ1n) is 3.76. The first-order valence-corrected chi connectivity index (χ1v) is 3.76. The van der Waals surface area contributed by atoms with Gasteiger partial charge in [-0.25, -0.2) is 13.9 Å². The van der Waals surface area contributed by atoms with Gasteiger partial charge < -0.3 is 4.74 Å². The molecule has 0 rings (SSSR count). The summed E-state index contributed by atoms with van der Waals surface area (Å²) in [4.78, 5) is 0. The minimum Gasteiger partial charge on any atom is -0.415 e. The zero-order valence-electron chi connectivity index (χ0n) is 8.16. The molecule has 0 N–H and O–H groups in total. The Morgan fingerprint density at radius 1 is 0.684 bits per heavy atom. The maximum Gasteiger partial charge on any atom is 0.539 e. The van der Waals surface area contributed by atoms with Gasteiger partial charge in [0.05, 0.1) is 0 Å². The minimum absolute atomic E-state index is 0.571. The molecule has 0 unspecified atom stereocenters. The molecule has 0 saturated carbocycles. The highest BCUT2D eigenvalue weighted by Crippen LogP contribution is 2.43. The van der Waals surface area contributed by atoms with Gasteiger partial charge in [0.1, 0.15) is 12.6 Å². The van der Waals surface area contributed by atoms with Crippen molar-refractivity contribution in [3.05, 3.63) is 12.6 Å². The standard InChI is InChI=1S/C6H2F10O3/c7-1-2-17-6(15,16)19-4(10,11)3(8,9)18-5(12,13)14/h1-2H. The smallest absolute Gasteiger partial charge is 0.415 e. The lowest BCUT2D eigenvalue weighted by atomic mass is 10.6. The number of hydrogen-bond donors (Lipinski definition) is 0. The third kappa shape index (κ3) is 5.96. The van der Waals surface area contributed by atoms with Crippen LogP contribution in [-0.2, 0) is 14.2 Å². The summed E-state index contributed by atoms with van der Waals surface area (Å²) in [6.07, 6.45) is -26.0. The van der Waals surface area contributed by atoms with Crippen molar-refractivity contribution in [3.8, 4) is 0 Å². The fourth-order valence-corrected chi connectivity index (χ4v) is 0.542. The summed E-state index contributed by atoms with van der Waals surface area (Å²) in [6, 6.07) is 0. The van der Waals surface area contributed by atoms with Crippen LogP contribution >= 0.6 is 0 Å². The Bertz CT molecular complexity index is 322. The molecule has 0 aliphatic carbocycles. The van der Waals surface area contributed by atoms with Crippen LogP contribution in [0.2, 0.25) is 0 Å². The second-order valence-corrected chi connectivity index (χ2v) is 2.53. The molecule has 0 saturated heterocycles. The summed E-state index contributed by atoms with van der Waals surface area (Å²) in [6.45, 7) is 0. The van der Waals surface area contributed by atoms with E-state index in [1.807, 2.05) is 0 Å². The van der Waals surface area contributed by atoms with E-state index in [1.54, 1.807) is 4.74 Å². The van der Waals surface area contributed by atoms with Gasteiger partial charge in [-0.05, 0) is 0 Å². The van der Waals surface area contributed by atoms with E-state index < -0.39 is 37.5 Å². The Balaban J connectivity index is 4.95. The average Bonchev–Trinajstić information content (AvgIpc) is 2.08. The van der Waals surface area contributed by atoms with E-state index in [4.69, 9.17) is 0 Å². The summed E-state index contributed by atoms with van der Waals surface area (Å²) in [7, 11) is 0. The molecule has 0 amide bonds. The van der Waals surface area contributed by atoms with Gasteiger partial charge in [0.25, 0.3) is 0 Å². The number of alkyl halides is 9. The van der Waals surface area contributed by atoms with Crippen molar-refractivity contribution < 1.29 is 58.1 Å². The van der Waals surface area contributed by atoms with Crippen molar-refractivity contribution >= 4 is 0 Å². The summed E-state index contributed by atoms with van der Waals surface area (Å²) < 4.78 is 126. The molecular formula is C6H2F10O3. The van der Waals surface area contributed by atoms with Crippen LogP contribution < -0.4 is 0 Å². The molecule has 13 heteroatoms. The van der Waals surface area contributed by atoms with Crippen LogP contribution in [-0.4, -0.2) is 24.9 Å². The van der Waals surface area contributed by atoms with Crippen LogP contribution in [0, 0.1) is 0 Å². The summed E-state index contributed by atoms with van der Waals surface area (Å²) in [5.41, 5.74) is 0. The van der Waals surface area contributed by atoms with Crippen molar-refractivity contribution in [1.29, 1.82) is 0 Å². The molecule has 0 fully saturated rings. The molecule has 0 aromatic rings. The summed E-state index contributed by atoms with van der Waals surface area (Å²) in [5.74, 6) is 0. The maximum absolute atomic E-state index is 12.4. The van der Waals surface area contributed by atoms with Crippen LogP contribution in [0.5, 0.6) is 0 Å². The second-order valence-electron chi connectivity index (χ2n) is 2.53. The highest BCUT2D eigenvalue weighted by Gasteiger charge is 2.68. The average molecular weight is 312 g/mol. The molecule has 19 heavy (non-hydrogen) atoms. The lowest BCUT2D eigenvalue weighted by molar-refractivity contribution is -0.551. The van der Waals surface area contributed by atoms with Crippen molar-refractivity contribution in [2.45, 2.75) is 24.9 Å². The van der Waals surface area contributed by atoms with Crippen LogP contribution in [0.25, 0.3) is 0 Å². The molecule has 0 aromatic carbocycles. The SMILES string of the molecule is FC=COC(F)(F)OC(F)(F)C(F)(F)OC(F)(F)F. The van der Waals surface area contributed by atoms with Gasteiger partial charge >= 0.3 is 24.9 Å². The van der Waals surface area contributed by atoms with Gasteiger partial charge in [0, 0.05) is 0 Å². The predicted molar refractivity (Wildman–Crippen MR) is 34.4 cm³/mol. The normalized spacial score (nSPS) is 15.1. The highest BCUT2D eigenvalue weighted by atomic mass is 19.4. The van der Waals surface area contributed by atoms with Gasteiger partial charge in [-0.2, -0.15) is 17.6 Å². The topological polar surface area (TPSA) is 27.7 Å². The van der Waals surface area contributed by atoms with Crippen LogP contribution in [0.4, 0.5) is 43.9 Å². The van der Waals surface area contributed by atoms with Crippen molar-refractivity contribution in [2.75, 3.05) is 0 Å². The monoisotopic (exact) mass is 312 g/mol. The molecule has 114 valence electrons. The van der Waals surface area contributed by atoms with Crippen LogP contribution in [0.1, 0.15) is 0 Å². The zero-order valence-corrected chi connectivity index (χ0v) is 8.16. The lowest BCUT2D eigenvalue weighted by Gasteiger charge is -2.28. The molecule has 0 atom stereocenters. The number of halogens is 10. The molecule has 3 nitrogen and oxygen atoms in total. The molecule has 0 radical (unpaired) electrons. The fourth-order valence-electron chi connectivity index (χ4n) is 0.542. The van der Waals surface area contributed by atoms with Gasteiger partial charge in [0.15, 0.2) is 0 Å². The molecule has 0 spiro atoms. The van der Waals surface area contributed by atoms with E-state index in [0.29, 0.717) is 0 Å². The van der Waals surface area contributed by atoms with Gasteiger partial charge in [0.2, 0.25) is 0 Å². The van der Waals surface area contributed by atoms with E-state index in [2.05, 4.69) is 9.47 Å². The molecule has 0 heterocycles. The Hall–Kier alpha value is -1.24. The van der Waals surface area contributed by atoms with Gasteiger partial charge in [-0.15, -0.1) is 22.0 Å². The maximum atomic E-state index is 12.4. The predicted octanol–water partition coefficient (Wildman–Crippen LogP) is 3.73. The first-order chi connectivity index (χ1) is 8.22. The molecule has 0 aliphatic rings. The minimum atomic E-state index is -6.47. The molecule has 0 aliphatic heterocycles. The first kappa shape index (κ1) is 17.8. The van der Waals surface area contributed by atoms with Crippen molar-refractivity contribution in [3.63, 3.8) is 0 Å². The summed E-state index contributed by atoms with van der Waals surface area (Å²) >= 11 is 0. The highest BCUT2D eigenvalue weighted by molar-refractivity contribution is 4.69. The molecule has 0 aromatic heterocycles. The van der Waals surface area contributed by atoms with E-state index in [0.717, 1.165) is 0 Å². The van der Waals surface area contributed by atoms with Gasteiger partial charge in [-0.3, -0.25) is 0 Å². The summed E-state index contributed by atoms with van der Waals surface area (Å²) in [5, 5.41) is 0. The van der Waals surface area contributed by atoms with E-state index >= 15 is 0 Å². The van der Waals surface area contributed by atoms with Crippen LogP contribution in [0.3, 0.4) is 0 Å². The fraction of sp³-hybridized carbons (Fsp3) is 0.667. The van der Waals surface area contributed by atoms with E-state index in [9.17, 15) is 43.9 Å². The Labute approximate surface area is 96.9 Å². The number of ether oxygens (including phenoxy) is 3. The van der Waals surface area contributed by atoms with Crippen molar-refractivity contribution in [1.82, 2.24) is 0 Å². The molecular weight excluding hydrogens is 310 g/mol. The Kier molecular flexibility index (Phi) is 5.05. The van der Waals surface area contributed by atoms with E-state index in [1.165, 1.54) is 0 Å². The van der Waals surface area contributed by atoms with E-state index in [-0.39, 0.29) is 0 Å². The largest absolute Gasteiger partial charge is 0.539 e.